The lowest BCUT2D eigenvalue weighted by atomic mass is 10.1. The van der Waals surface area contributed by atoms with Crippen LogP contribution in [0.5, 0.6) is 17.4 Å². The van der Waals surface area contributed by atoms with Crippen LogP contribution in [0.4, 0.5) is 0 Å². The van der Waals surface area contributed by atoms with Gasteiger partial charge >= 0.3 is 0 Å². The van der Waals surface area contributed by atoms with Crippen LogP contribution in [0.2, 0.25) is 0 Å². The number of piperidine rings is 1. The molecule has 4 rings (SSSR count). The van der Waals surface area contributed by atoms with E-state index in [1.807, 2.05) is 17.0 Å². The Balaban J connectivity index is 1.40. The van der Waals surface area contributed by atoms with Crippen LogP contribution < -0.4 is 14.2 Å². The number of rotatable bonds is 3. The fraction of sp³-hybridized carbons (Fsp3) is 0.389. The number of nitrogens with zero attached hydrogens (tertiary/aromatic N) is 3. The van der Waals surface area contributed by atoms with Crippen LogP contribution in [0.1, 0.15) is 23.2 Å². The molecule has 2 aromatic rings. The molecule has 0 unspecified atom stereocenters. The second kappa shape index (κ2) is 6.96. The highest BCUT2D eigenvalue weighted by Crippen LogP contribution is 2.34. The van der Waals surface area contributed by atoms with Crippen molar-refractivity contribution in [1.29, 1.82) is 0 Å². The van der Waals surface area contributed by atoms with Gasteiger partial charge in [-0.25, -0.2) is 9.97 Å². The minimum Gasteiger partial charge on any atom is -0.486 e. The summed E-state index contributed by atoms with van der Waals surface area (Å²) in [7, 11) is 0. The average molecular weight is 341 g/mol. The zero-order chi connectivity index (χ0) is 17.1. The predicted molar refractivity (Wildman–Crippen MR) is 89.0 cm³/mol. The Morgan fingerprint density at radius 1 is 1.16 bits per heavy atom. The second-order valence-electron chi connectivity index (χ2n) is 5.99. The number of para-hydroxylation sites is 1. The fourth-order valence-electron chi connectivity index (χ4n) is 3.11. The van der Waals surface area contributed by atoms with Gasteiger partial charge in [-0.2, -0.15) is 0 Å². The van der Waals surface area contributed by atoms with Gasteiger partial charge in [0.2, 0.25) is 5.88 Å². The molecule has 0 spiro atoms. The quantitative estimate of drug-likeness (QED) is 0.849. The Hall–Kier alpha value is -2.83. The van der Waals surface area contributed by atoms with E-state index in [0.29, 0.717) is 49.2 Å². The Morgan fingerprint density at radius 2 is 2.00 bits per heavy atom. The number of hydrogen-bond acceptors (Lipinski definition) is 6. The molecule has 2 aliphatic rings. The standard InChI is InChI=1S/C18H19N3O4/c22-18(14-2-1-3-15-17(14)24-11-10-23-15)21-8-5-13(6-9-21)25-16-4-7-19-12-20-16/h1-4,7,12-13H,5-6,8-11H2. The number of ether oxygens (including phenoxy) is 3. The van der Waals surface area contributed by atoms with E-state index in [0.717, 1.165) is 12.8 Å². The number of carbonyl (C=O) groups excluding carboxylic acids is 1. The summed E-state index contributed by atoms with van der Waals surface area (Å²) in [6.07, 6.45) is 4.71. The zero-order valence-electron chi connectivity index (χ0n) is 13.8. The largest absolute Gasteiger partial charge is 0.486 e. The number of fused-ring (bicyclic) bond motifs is 1. The van der Waals surface area contributed by atoms with Crippen molar-refractivity contribution >= 4 is 5.91 Å². The molecular formula is C18H19N3O4. The maximum atomic E-state index is 12.9. The van der Waals surface area contributed by atoms with E-state index < -0.39 is 0 Å². The van der Waals surface area contributed by atoms with Gasteiger partial charge in [-0.3, -0.25) is 4.79 Å². The van der Waals surface area contributed by atoms with Crippen molar-refractivity contribution < 1.29 is 19.0 Å². The molecule has 0 saturated carbocycles. The van der Waals surface area contributed by atoms with Crippen molar-refractivity contribution in [2.24, 2.45) is 0 Å². The van der Waals surface area contributed by atoms with Gasteiger partial charge in [0.15, 0.2) is 11.5 Å². The summed E-state index contributed by atoms with van der Waals surface area (Å²) in [5.74, 6) is 1.74. The molecule has 25 heavy (non-hydrogen) atoms. The third-order valence-electron chi connectivity index (χ3n) is 4.37. The van der Waals surface area contributed by atoms with E-state index in [1.165, 1.54) is 6.33 Å². The van der Waals surface area contributed by atoms with Gasteiger partial charge in [0.25, 0.3) is 5.91 Å². The van der Waals surface area contributed by atoms with Crippen molar-refractivity contribution in [2.45, 2.75) is 18.9 Å². The van der Waals surface area contributed by atoms with Gasteiger partial charge in [-0.1, -0.05) is 6.07 Å². The van der Waals surface area contributed by atoms with Crippen LogP contribution in [0, 0.1) is 0 Å². The number of likely N-dealkylation sites (tertiary alicyclic amines) is 1. The first kappa shape index (κ1) is 15.7. The maximum Gasteiger partial charge on any atom is 0.257 e. The van der Waals surface area contributed by atoms with E-state index in [4.69, 9.17) is 14.2 Å². The molecular weight excluding hydrogens is 322 g/mol. The molecule has 0 bridgehead atoms. The van der Waals surface area contributed by atoms with E-state index in [-0.39, 0.29) is 12.0 Å². The molecule has 7 nitrogen and oxygen atoms in total. The van der Waals surface area contributed by atoms with E-state index >= 15 is 0 Å². The number of amides is 1. The molecule has 1 saturated heterocycles. The van der Waals surface area contributed by atoms with Crippen LogP contribution in [-0.2, 0) is 0 Å². The molecule has 1 aromatic heterocycles. The lowest BCUT2D eigenvalue weighted by molar-refractivity contribution is 0.0579. The van der Waals surface area contributed by atoms with Crippen molar-refractivity contribution in [3.8, 4) is 17.4 Å². The highest BCUT2D eigenvalue weighted by atomic mass is 16.6. The van der Waals surface area contributed by atoms with Gasteiger partial charge in [0, 0.05) is 38.2 Å². The third kappa shape index (κ3) is 3.35. The summed E-state index contributed by atoms with van der Waals surface area (Å²) in [5.41, 5.74) is 0.562. The topological polar surface area (TPSA) is 73.8 Å². The summed E-state index contributed by atoms with van der Waals surface area (Å²) < 4.78 is 17.1. The molecule has 0 radical (unpaired) electrons. The molecule has 0 N–H and O–H groups in total. The van der Waals surface area contributed by atoms with Crippen LogP contribution in [0.15, 0.2) is 36.8 Å². The minimum atomic E-state index is -0.0252. The number of benzene rings is 1. The summed E-state index contributed by atoms with van der Waals surface area (Å²) in [6, 6.07) is 7.18. The second-order valence-corrected chi connectivity index (χ2v) is 5.99. The molecule has 1 amide bonds. The molecule has 1 aromatic carbocycles. The highest BCUT2D eigenvalue weighted by Gasteiger charge is 2.28. The van der Waals surface area contributed by atoms with Gasteiger partial charge in [0.1, 0.15) is 25.6 Å². The van der Waals surface area contributed by atoms with Gasteiger partial charge in [-0.05, 0) is 12.1 Å². The normalized spacial score (nSPS) is 17.2. The van der Waals surface area contributed by atoms with Gasteiger partial charge in [0.05, 0.1) is 5.56 Å². The lowest BCUT2D eigenvalue weighted by Crippen LogP contribution is -2.42. The lowest BCUT2D eigenvalue weighted by Gasteiger charge is -2.32. The monoisotopic (exact) mass is 341 g/mol. The first-order chi connectivity index (χ1) is 12.3. The smallest absolute Gasteiger partial charge is 0.257 e. The molecule has 0 atom stereocenters. The zero-order valence-corrected chi connectivity index (χ0v) is 13.8. The first-order valence-electron chi connectivity index (χ1n) is 8.42. The summed E-state index contributed by atoms with van der Waals surface area (Å²) in [6.45, 7) is 2.25. The Bertz CT molecular complexity index is 745. The molecule has 1 fully saturated rings. The van der Waals surface area contributed by atoms with Crippen LogP contribution >= 0.6 is 0 Å². The average Bonchev–Trinajstić information content (AvgIpc) is 2.68. The molecule has 0 aliphatic carbocycles. The van der Waals surface area contributed by atoms with Crippen LogP contribution in [-0.4, -0.2) is 53.2 Å². The Kier molecular flexibility index (Phi) is 4.37. The van der Waals surface area contributed by atoms with E-state index in [2.05, 4.69) is 9.97 Å². The fourth-order valence-corrected chi connectivity index (χ4v) is 3.11. The molecule has 7 heteroatoms. The number of hydrogen-bond donors (Lipinski definition) is 0. The summed E-state index contributed by atoms with van der Waals surface area (Å²) >= 11 is 0. The van der Waals surface area contributed by atoms with Crippen LogP contribution in [0.3, 0.4) is 0 Å². The van der Waals surface area contributed by atoms with E-state index in [9.17, 15) is 4.79 Å². The first-order valence-corrected chi connectivity index (χ1v) is 8.42. The van der Waals surface area contributed by atoms with Crippen molar-refractivity contribution in [3.05, 3.63) is 42.4 Å². The SMILES string of the molecule is O=C(c1cccc2c1OCCO2)N1CCC(Oc2ccncn2)CC1. The van der Waals surface area contributed by atoms with Gasteiger partial charge in [-0.15, -0.1) is 0 Å². The Morgan fingerprint density at radius 3 is 2.80 bits per heavy atom. The number of aromatic nitrogens is 2. The summed E-state index contributed by atoms with van der Waals surface area (Å²) in [5, 5.41) is 0. The molecule has 2 aliphatic heterocycles. The van der Waals surface area contributed by atoms with Crippen molar-refractivity contribution in [1.82, 2.24) is 14.9 Å². The Labute approximate surface area is 145 Å². The summed E-state index contributed by atoms with van der Waals surface area (Å²) in [4.78, 5) is 22.7. The maximum absolute atomic E-state index is 12.9. The third-order valence-corrected chi connectivity index (χ3v) is 4.37. The number of carbonyl (C=O) groups is 1. The van der Waals surface area contributed by atoms with E-state index in [1.54, 1.807) is 18.3 Å². The predicted octanol–water partition coefficient (Wildman–Crippen LogP) is 1.93. The van der Waals surface area contributed by atoms with Crippen LogP contribution in [0.25, 0.3) is 0 Å². The van der Waals surface area contributed by atoms with Gasteiger partial charge < -0.3 is 19.1 Å². The minimum absolute atomic E-state index is 0.0252. The van der Waals surface area contributed by atoms with Crippen molar-refractivity contribution in [2.75, 3.05) is 26.3 Å². The highest BCUT2D eigenvalue weighted by molar-refractivity contribution is 5.98. The molecule has 3 heterocycles. The van der Waals surface area contributed by atoms with Crippen molar-refractivity contribution in [3.63, 3.8) is 0 Å². The molecule has 130 valence electrons.